The van der Waals surface area contributed by atoms with E-state index in [-0.39, 0.29) is 24.7 Å². The van der Waals surface area contributed by atoms with Crippen molar-refractivity contribution in [2.24, 2.45) is 0 Å². The van der Waals surface area contributed by atoms with Crippen LogP contribution in [0.1, 0.15) is 32.6 Å². The van der Waals surface area contributed by atoms with Crippen molar-refractivity contribution in [3.05, 3.63) is 36.7 Å². The number of carbonyl (C=O) groups is 1. The summed E-state index contributed by atoms with van der Waals surface area (Å²) in [6, 6.07) is 7.35. The fourth-order valence-corrected chi connectivity index (χ4v) is 3.23. The monoisotopic (exact) mass is 401 g/mol. The third-order valence-corrected chi connectivity index (χ3v) is 4.65. The van der Waals surface area contributed by atoms with Crippen LogP contribution >= 0.6 is 0 Å². The van der Waals surface area contributed by atoms with E-state index in [1.807, 2.05) is 19.1 Å². The molecule has 1 fully saturated rings. The van der Waals surface area contributed by atoms with Gasteiger partial charge >= 0.3 is 0 Å². The zero-order chi connectivity index (χ0) is 20.5. The predicted octanol–water partition coefficient (Wildman–Crippen LogP) is 2.77. The van der Waals surface area contributed by atoms with Crippen LogP contribution in [0.5, 0.6) is 23.3 Å². The van der Waals surface area contributed by atoms with E-state index >= 15 is 0 Å². The van der Waals surface area contributed by atoms with E-state index in [1.165, 1.54) is 0 Å². The predicted molar refractivity (Wildman–Crippen MR) is 107 cm³/mol. The summed E-state index contributed by atoms with van der Waals surface area (Å²) in [5, 5.41) is 3.03. The van der Waals surface area contributed by atoms with Gasteiger partial charge in [0.2, 0.25) is 0 Å². The molecule has 0 aliphatic heterocycles. The largest absolute Gasteiger partial charge is 0.494 e. The Hall–Kier alpha value is -3.03. The van der Waals surface area contributed by atoms with Gasteiger partial charge in [0.05, 0.1) is 13.7 Å². The molecule has 8 heteroatoms. The normalized spacial score (nSPS) is 18.6. The second-order valence-corrected chi connectivity index (χ2v) is 6.72. The maximum atomic E-state index is 12.2. The lowest BCUT2D eigenvalue weighted by molar-refractivity contribution is -0.124. The van der Waals surface area contributed by atoms with Crippen LogP contribution in [0.3, 0.4) is 0 Å². The highest BCUT2D eigenvalue weighted by Crippen LogP contribution is 2.27. The summed E-state index contributed by atoms with van der Waals surface area (Å²) in [6.45, 7) is 2.53. The Balaban J connectivity index is 1.38. The summed E-state index contributed by atoms with van der Waals surface area (Å²) in [4.78, 5) is 20.4. The molecule has 156 valence electrons. The van der Waals surface area contributed by atoms with Gasteiger partial charge in [-0.3, -0.25) is 4.79 Å². The van der Waals surface area contributed by atoms with Crippen LogP contribution in [0, 0.1) is 0 Å². The van der Waals surface area contributed by atoms with Crippen molar-refractivity contribution in [2.75, 3.05) is 20.3 Å². The fourth-order valence-electron chi connectivity index (χ4n) is 3.23. The maximum Gasteiger partial charge on any atom is 0.278 e. The van der Waals surface area contributed by atoms with Crippen LogP contribution in [-0.4, -0.2) is 48.3 Å². The van der Waals surface area contributed by atoms with Crippen LogP contribution in [0.4, 0.5) is 0 Å². The minimum Gasteiger partial charge on any atom is -0.494 e. The Morgan fingerprint density at radius 3 is 2.24 bits per heavy atom. The van der Waals surface area contributed by atoms with Crippen molar-refractivity contribution < 1.29 is 23.7 Å². The average Bonchev–Trinajstić information content (AvgIpc) is 2.75. The van der Waals surface area contributed by atoms with Gasteiger partial charge in [0.25, 0.3) is 17.7 Å². The molecule has 3 rings (SSSR count). The molecular formula is C21H27N3O5. The molecule has 1 aromatic heterocycles. The quantitative estimate of drug-likeness (QED) is 0.691. The molecule has 2 aromatic rings. The van der Waals surface area contributed by atoms with E-state index in [4.69, 9.17) is 18.9 Å². The third-order valence-electron chi connectivity index (χ3n) is 4.65. The lowest BCUT2D eigenvalue weighted by atomic mass is 9.93. The molecule has 0 bridgehead atoms. The first kappa shape index (κ1) is 20.7. The van der Waals surface area contributed by atoms with Crippen molar-refractivity contribution in [1.29, 1.82) is 0 Å². The highest BCUT2D eigenvalue weighted by Gasteiger charge is 2.25. The van der Waals surface area contributed by atoms with E-state index in [0.29, 0.717) is 24.1 Å². The number of methoxy groups -OCH3 is 1. The number of nitrogens with one attached hydrogen (secondary N) is 1. The smallest absolute Gasteiger partial charge is 0.278 e. The number of benzene rings is 1. The third kappa shape index (κ3) is 6.23. The van der Waals surface area contributed by atoms with Crippen molar-refractivity contribution in [1.82, 2.24) is 15.3 Å². The Kier molecular flexibility index (Phi) is 7.49. The highest BCUT2D eigenvalue weighted by molar-refractivity contribution is 5.77. The number of hydrogen-bond acceptors (Lipinski definition) is 7. The molecule has 0 saturated heterocycles. The van der Waals surface area contributed by atoms with Crippen LogP contribution in [0.15, 0.2) is 36.7 Å². The van der Waals surface area contributed by atoms with Crippen LogP contribution < -0.4 is 24.3 Å². The second kappa shape index (κ2) is 10.5. The summed E-state index contributed by atoms with van der Waals surface area (Å²) >= 11 is 0. The zero-order valence-corrected chi connectivity index (χ0v) is 16.8. The van der Waals surface area contributed by atoms with Crippen LogP contribution in [0.25, 0.3) is 0 Å². The Labute approximate surface area is 170 Å². The molecule has 0 spiro atoms. The minimum atomic E-state index is -0.126. The van der Waals surface area contributed by atoms with Gasteiger partial charge in [0, 0.05) is 18.4 Å². The maximum absolute atomic E-state index is 12.2. The molecule has 29 heavy (non-hydrogen) atoms. The number of carbonyl (C=O) groups excluding carboxylic acids is 1. The molecule has 1 amide bonds. The van der Waals surface area contributed by atoms with Gasteiger partial charge in [-0.1, -0.05) is 0 Å². The van der Waals surface area contributed by atoms with Crippen LogP contribution in [-0.2, 0) is 4.79 Å². The van der Waals surface area contributed by atoms with Gasteiger partial charge in [0.1, 0.15) is 17.6 Å². The van der Waals surface area contributed by atoms with E-state index < -0.39 is 0 Å². The Bertz CT molecular complexity index is 776. The number of hydrogen-bond donors (Lipinski definition) is 1. The van der Waals surface area contributed by atoms with Crippen LogP contribution in [0.2, 0.25) is 0 Å². The summed E-state index contributed by atoms with van der Waals surface area (Å²) in [6.07, 6.45) is 6.49. The number of ether oxygens (including phenoxy) is 4. The first-order chi connectivity index (χ1) is 14.2. The van der Waals surface area contributed by atoms with Crippen molar-refractivity contribution in [3.63, 3.8) is 0 Å². The molecular weight excluding hydrogens is 374 g/mol. The molecule has 8 nitrogen and oxygen atoms in total. The second-order valence-electron chi connectivity index (χ2n) is 6.72. The molecule has 0 unspecified atom stereocenters. The van der Waals surface area contributed by atoms with E-state index in [9.17, 15) is 4.79 Å². The Morgan fingerprint density at radius 1 is 1.00 bits per heavy atom. The number of aromatic nitrogens is 2. The van der Waals surface area contributed by atoms with Gasteiger partial charge in [0.15, 0.2) is 6.61 Å². The lowest BCUT2D eigenvalue weighted by Gasteiger charge is -2.29. The average molecular weight is 401 g/mol. The number of nitrogens with zero attached hydrogens (tertiary/aromatic N) is 2. The molecule has 1 aliphatic rings. The highest BCUT2D eigenvalue weighted by atomic mass is 16.5. The van der Waals surface area contributed by atoms with Gasteiger partial charge < -0.3 is 24.3 Å². The standard InChI is InChI=1S/C21H27N3O5/c1-3-27-16-8-10-17(11-9-16)28-14-19(25)24-15-4-6-18(7-5-15)29-21-20(26-2)22-12-13-23-21/h8-13,15,18H,3-7,14H2,1-2H3,(H,24,25). The van der Waals surface area contributed by atoms with Gasteiger partial charge in [-0.2, -0.15) is 0 Å². The van der Waals surface area contributed by atoms with Crippen molar-refractivity contribution >= 4 is 5.91 Å². The van der Waals surface area contributed by atoms with Crippen molar-refractivity contribution in [2.45, 2.75) is 44.8 Å². The molecule has 1 N–H and O–H groups in total. The summed E-state index contributed by atoms with van der Waals surface area (Å²) in [5.41, 5.74) is 0. The first-order valence-corrected chi connectivity index (χ1v) is 9.84. The first-order valence-electron chi connectivity index (χ1n) is 9.84. The van der Waals surface area contributed by atoms with E-state index in [2.05, 4.69) is 15.3 Å². The van der Waals surface area contributed by atoms with E-state index in [1.54, 1.807) is 31.6 Å². The molecule has 1 heterocycles. The topological polar surface area (TPSA) is 91.8 Å². The number of amides is 1. The summed E-state index contributed by atoms with van der Waals surface area (Å²) < 4.78 is 22.0. The minimum absolute atomic E-state index is 0.0127. The molecule has 1 saturated carbocycles. The molecule has 1 aromatic carbocycles. The van der Waals surface area contributed by atoms with Gasteiger partial charge in [-0.15, -0.1) is 0 Å². The zero-order valence-electron chi connectivity index (χ0n) is 16.8. The molecule has 0 radical (unpaired) electrons. The fraction of sp³-hybridized carbons (Fsp3) is 0.476. The summed E-state index contributed by atoms with van der Waals surface area (Å²) in [7, 11) is 1.54. The number of rotatable bonds is 9. The molecule has 0 atom stereocenters. The van der Waals surface area contributed by atoms with Gasteiger partial charge in [-0.05, 0) is 56.9 Å². The Morgan fingerprint density at radius 2 is 1.62 bits per heavy atom. The van der Waals surface area contributed by atoms with E-state index in [0.717, 1.165) is 31.4 Å². The lowest BCUT2D eigenvalue weighted by Crippen LogP contribution is -2.41. The SMILES string of the molecule is CCOc1ccc(OCC(=O)NC2CCC(Oc3nccnc3OC)CC2)cc1. The molecule has 1 aliphatic carbocycles. The van der Waals surface area contributed by atoms with Crippen molar-refractivity contribution in [3.8, 4) is 23.3 Å². The van der Waals surface area contributed by atoms with Gasteiger partial charge in [-0.25, -0.2) is 9.97 Å². The summed E-state index contributed by atoms with van der Waals surface area (Å²) in [5.74, 6) is 2.08.